The van der Waals surface area contributed by atoms with E-state index in [9.17, 15) is 9.90 Å². The molecule has 0 fully saturated rings. The Morgan fingerprint density at radius 1 is 1.33 bits per heavy atom. The summed E-state index contributed by atoms with van der Waals surface area (Å²) in [7, 11) is 0. The van der Waals surface area contributed by atoms with Crippen LogP contribution < -0.4 is 0 Å². The van der Waals surface area contributed by atoms with E-state index in [-0.39, 0.29) is 6.04 Å². The van der Waals surface area contributed by atoms with Gasteiger partial charge in [-0.2, -0.15) is 0 Å². The van der Waals surface area contributed by atoms with Crippen LogP contribution in [0.2, 0.25) is 0 Å². The van der Waals surface area contributed by atoms with E-state index in [0.29, 0.717) is 5.56 Å². The molecule has 0 aliphatic carbocycles. The number of aryl methyl sites for hydroxylation is 1. The summed E-state index contributed by atoms with van der Waals surface area (Å²) >= 11 is 0. The molecule has 2 aromatic rings. The number of aliphatic carboxylic acids is 1. The molecule has 2 rings (SSSR count). The van der Waals surface area contributed by atoms with Crippen LogP contribution in [0.3, 0.4) is 0 Å². The van der Waals surface area contributed by atoms with E-state index in [1.807, 2.05) is 43.5 Å². The average molecular weight is 247 g/mol. The third-order valence-corrected chi connectivity index (χ3v) is 3.18. The Morgan fingerprint density at radius 3 is 2.56 bits per heavy atom. The van der Waals surface area contributed by atoms with E-state index < -0.39 is 12.1 Å². The van der Waals surface area contributed by atoms with Crippen molar-refractivity contribution in [1.29, 1.82) is 0 Å². The molecule has 1 unspecified atom stereocenters. The van der Waals surface area contributed by atoms with E-state index in [1.54, 1.807) is 6.20 Å². The van der Waals surface area contributed by atoms with Gasteiger partial charge in [0, 0.05) is 28.7 Å². The Hall–Kier alpha value is -1.81. The van der Waals surface area contributed by atoms with Gasteiger partial charge in [-0.1, -0.05) is 12.1 Å². The molecule has 4 nitrogen and oxygen atoms in total. The van der Waals surface area contributed by atoms with Gasteiger partial charge in [0.05, 0.1) is 0 Å². The summed E-state index contributed by atoms with van der Waals surface area (Å²) in [6.45, 7) is 5.97. The van der Waals surface area contributed by atoms with Crippen molar-refractivity contribution in [3.63, 3.8) is 0 Å². The summed E-state index contributed by atoms with van der Waals surface area (Å²) in [6, 6.07) is 6.02. The van der Waals surface area contributed by atoms with Crippen LogP contribution in [0.25, 0.3) is 10.9 Å². The molecule has 0 spiro atoms. The maximum Gasteiger partial charge on any atom is 0.337 e. The molecule has 0 aliphatic rings. The largest absolute Gasteiger partial charge is 0.479 e. The Balaban J connectivity index is 2.78. The zero-order chi connectivity index (χ0) is 13.4. The van der Waals surface area contributed by atoms with Gasteiger partial charge in [0.1, 0.15) is 0 Å². The van der Waals surface area contributed by atoms with Crippen molar-refractivity contribution in [1.82, 2.24) is 4.57 Å². The van der Waals surface area contributed by atoms with E-state index in [2.05, 4.69) is 0 Å². The molecule has 2 N–H and O–H groups in total. The van der Waals surface area contributed by atoms with Crippen LogP contribution in [-0.2, 0) is 4.79 Å². The third-order valence-electron chi connectivity index (χ3n) is 3.18. The highest BCUT2D eigenvalue weighted by molar-refractivity contribution is 5.91. The number of carboxylic acids is 1. The molecule has 0 radical (unpaired) electrons. The predicted molar refractivity (Wildman–Crippen MR) is 69.7 cm³/mol. The molecule has 4 heteroatoms. The van der Waals surface area contributed by atoms with Crippen molar-refractivity contribution in [2.24, 2.45) is 0 Å². The van der Waals surface area contributed by atoms with Crippen LogP contribution in [-0.4, -0.2) is 20.7 Å². The number of carboxylic acid groups (broad SMARTS) is 1. The topological polar surface area (TPSA) is 62.5 Å². The molecule has 0 aliphatic heterocycles. The zero-order valence-corrected chi connectivity index (χ0v) is 10.7. The lowest BCUT2D eigenvalue weighted by Crippen LogP contribution is -2.10. The lowest BCUT2D eigenvalue weighted by molar-refractivity contribution is -0.146. The van der Waals surface area contributed by atoms with E-state index in [1.165, 1.54) is 0 Å². The first-order valence-electron chi connectivity index (χ1n) is 5.94. The summed E-state index contributed by atoms with van der Waals surface area (Å²) in [5.74, 6) is -1.22. The van der Waals surface area contributed by atoms with Crippen molar-refractivity contribution < 1.29 is 15.0 Å². The Labute approximate surface area is 105 Å². The first kappa shape index (κ1) is 12.6. The van der Waals surface area contributed by atoms with Gasteiger partial charge in [-0.05, 0) is 32.4 Å². The Kier molecular flexibility index (Phi) is 3.13. The molecule has 0 saturated carbocycles. The second-order valence-electron chi connectivity index (χ2n) is 4.80. The number of aliphatic hydroxyl groups is 1. The lowest BCUT2D eigenvalue weighted by Gasteiger charge is -2.09. The molecule has 1 aromatic heterocycles. The molecule has 1 atom stereocenters. The van der Waals surface area contributed by atoms with Gasteiger partial charge in [0.15, 0.2) is 6.10 Å². The molecule has 0 bridgehead atoms. The van der Waals surface area contributed by atoms with Gasteiger partial charge in [-0.3, -0.25) is 0 Å². The number of fused-ring (bicyclic) bond motifs is 1. The first-order valence-corrected chi connectivity index (χ1v) is 5.94. The molecule has 18 heavy (non-hydrogen) atoms. The molecule has 1 heterocycles. The maximum absolute atomic E-state index is 11.0. The van der Waals surface area contributed by atoms with E-state index in [0.717, 1.165) is 16.5 Å². The number of rotatable bonds is 3. The van der Waals surface area contributed by atoms with Crippen LogP contribution in [0.4, 0.5) is 0 Å². The third kappa shape index (κ3) is 1.88. The number of carbonyl (C=O) groups is 1. The Morgan fingerprint density at radius 2 is 2.00 bits per heavy atom. The van der Waals surface area contributed by atoms with Gasteiger partial charge in [0.2, 0.25) is 0 Å². The highest BCUT2D eigenvalue weighted by atomic mass is 16.4. The zero-order valence-electron chi connectivity index (χ0n) is 10.7. The van der Waals surface area contributed by atoms with Crippen molar-refractivity contribution >= 4 is 16.9 Å². The number of hydrogen-bond acceptors (Lipinski definition) is 2. The molecule has 96 valence electrons. The van der Waals surface area contributed by atoms with Crippen molar-refractivity contribution in [2.75, 3.05) is 0 Å². The van der Waals surface area contributed by atoms with Crippen LogP contribution >= 0.6 is 0 Å². The molecular weight excluding hydrogens is 230 g/mol. The SMILES string of the molecule is Cc1cccc2c1c(C(O)C(=O)O)cn2C(C)C. The van der Waals surface area contributed by atoms with E-state index in [4.69, 9.17) is 5.11 Å². The monoisotopic (exact) mass is 247 g/mol. The summed E-state index contributed by atoms with van der Waals surface area (Å²) in [5, 5.41) is 19.6. The van der Waals surface area contributed by atoms with Gasteiger partial charge in [-0.15, -0.1) is 0 Å². The highest BCUT2D eigenvalue weighted by Gasteiger charge is 2.23. The van der Waals surface area contributed by atoms with Gasteiger partial charge in [-0.25, -0.2) is 4.79 Å². The first-order chi connectivity index (χ1) is 8.43. The second-order valence-corrected chi connectivity index (χ2v) is 4.80. The summed E-state index contributed by atoms with van der Waals surface area (Å²) < 4.78 is 1.99. The van der Waals surface area contributed by atoms with Crippen LogP contribution in [0.1, 0.15) is 37.1 Å². The minimum Gasteiger partial charge on any atom is -0.479 e. The normalized spacial score (nSPS) is 13.2. The Bertz CT molecular complexity index is 598. The quantitative estimate of drug-likeness (QED) is 0.876. The fourth-order valence-corrected chi connectivity index (χ4v) is 2.29. The van der Waals surface area contributed by atoms with Gasteiger partial charge >= 0.3 is 5.97 Å². The molecule has 1 aromatic carbocycles. The maximum atomic E-state index is 11.0. The smallest absolute Gasteiger partial charge is 0.337 e. The number of nitrogens with zero attached hydrogens (tertiary/aromatic N) is 1. The fourth-order valence-electron chi connectivity index (χ4n) is 2.29. The highest BCUT2D eigenvalue weighted by Crippen LogP contribution is 2.31. The van der Waals surface area contributed by atoms with Gasteiger partial charge in [0.25, 0.3) is 0 Å². The van der Waals surface area contributed by atoms with Crippen LogP contribution in [0.15, 0.2) is 24.4 Å². The van der Waals surface area contributed by atoms with Crippen molar-refractivity contribution in [3.05, 3.63) is 35.5 Å². The minimum absolute atomic E-state index is 0.212. The van der Waals surface area contributed by atoms with Crippen molar-refractivity contribution in [2.45, 2.75) is 32.9 Å². The number of aliphatic hydroxyl groups excluding tert-OH is 1. The fraction of sp³-hybridized carbons (Fsp3) is 0.357. The molecular formula is C14H17NO3. The average Bonchev–Trinajstić information content (AvgIpc) is 2.68. The van der Waals surface area contributed by atoms with Crippen molar-refractivity contribution in [3.8, 4) is 0 Å². The second kappa shape index (κ2) is 4.46. The lowest BCUT2D eigenvalue weighted by atomic mass is 10.0. The minimum atomic E-state index is -1.48. The predicted octanol–water partition coefficient (Wildman–Crippen LogP) is 2.65. The summed E-state index contributed by atoms with van der Waals surface area (Å²) in [5.41, 5.74) is 2.40. The number of benzene rings is 1. The van der Waals surface area contributed by atoms with Gasteiger partial charge < -0.3 is 14.8 Å². The standard InChI is InChI=1S/C14H17NO3/c1-8(2)15-7-10(13(16)14(17)18)12-9(3)5-4-6-11(12)15/h4-8,13,16H,1-3H3,(H,17,18). The van der Waals surface area contributed by atoms with E-state index >= 15 is 0 Å². The van der Waals surface area contributed by atoms with Crippen LogP contribution in [0.5, 0.6) is 0 Å². The molecule has 0 amide bonds. The number of hydrogen-bond donors (Lipinski definition) is 2. The van der Waals surface area contributed by atoms with Crippen LogP contribution in [0, 0.1) is 6.92 Å². The summed E-state index contributed by atoms with van der Waals surface area (Å²) in [4.78, 5) is 11.0. The number of aromatic nitrogens is 1. The summed E-state index contributed by atoms with van der Waals surface area (Å²) in [6.07, 6.45) is 0.259. The molecule has 0 saturated heterocycles.